The molecule has 0 radical (unpaired) electrons. The number of benzene rings is 1. The Balaban J connectivity index is 1.65. The lowest BCUT2D eigenvalue weighted by atomic mass is 9.96. The summed E-state index contributed by atoms with van der Waals surface area (Å²) in [6.07, 6.45) is 2.93. The second-order valence-corrected chi connectivity index (χ2v) is 5.79. The van der Waals surface area contributed by atoms with Crippen LogP contribution in [0.4, 0.5) is 5.69 Å². The number of hydrogen-bond donors (Lipinski definition) is 1. The molecular formula is C16H22N2O2. The quantitative estimate of drug-likeness (QED) is 0.908. The fraction of sp³-hybridized carbons (Fsp3) is 0.562. The Morgan fingerprint density at radius 3 is 2.40 bits per heavy atom. The first-order valence-corrected chi connectivity index (χ1v) is 7.51. The zero-order valence-electron chi connectivity index (χ0n) is 11.7. The van der Waals surface area contributed by atoms with Crippen LogP contribution in [-0.4, -0.2) is 48.2 Å². The van der Waals surface area contributed by atoms with E-state index in [0.717, 1.165) is 44.6 Å². The maximum atomic E-state index is 12.6. The summed E-state index contributed by atoms with van der Waals surface area (Å²) >= 11 is 0. The van der Waals surface area contributed by atoms with Crippen molar-refractivity contribution in [2.75, 3.05) is 31.1 Å². The van der Waals surface area contributed by atoms with Crippen LogP contribution in [0.25, 0.3) is 0 Å². The first-order chi connectivity index (χ1) is 9.79. The number of aliphatic hydroxyl groups excluding tert-OH is 1. The lowest BCUT2D eigenvalue weighted by molar-refractivity contribution is -0.122. The molecule has 0 bridgehead atoms. The fourth-order valence-corrected chi connectivity index (χ4v) is 3.32. The molecule has 1 atom stereocenters. The second-order valence-electron chi connectivity index (χ2n) is 5.79. The molecule has 108 valence electrons. The number of carbonyl (C=O) groups excluding carboxylic acids is 1. The van der Waals surface area contributed by atoms with Crippen molar-refractivity contribution in [1.82, 2.24) is 4.90 Å². The summed E-state index contributed by atoms with van der Waals surface area (Å²) in [5.41, 5.74) is 1.00. The lowest BCUT2D eigenvalue weighted by Crippen LogP contribution is -2.46. The molecule has 0 saturated carbocycles. The summed E-state index contributed by atoms with van der Waals surface area (Å²) in [7, 11) is 0. The van der Waals surface area contributed by atoms with Gasteiger partial charge in [-0.15, -0.1) is 0 Å². The Labute approximate surface area is 120 Å². The van der Waals surface area contributed by atoms with Crippen LogP contribution in [0.2, 0.25) is 0 Å². The smallest absolute Gasteiger partial charge is 0.244 e. The topological polar surface area (TPSA) is 43.8 Å². The third-order valence-electron chi connectivity index (χ3n) is 4.59. The zero-order valence-corrected chi connectivity index (χ0v) is 11.7. The number of anilines is 1. The van der Waals surface area contributed by atoms with Crippen molar-refractivity contribution in [2.45, 2.75) is 25.3 Å². The van der Waals surface area contributed by atoms with Crippen LogP contribution in [0.15, 0.2) is 30.3 Å². The van der Waals surface area contributed by atoms with Gasteiger partial charge in [0.05, 0.1) is 6.04 Å². The van der Waals surface area contributed by atoms with E-state index in [1.807, 2.05) is 35.2 Å². The Hall–Kier alpha value is -1.39. The van der Waals surface area contributed by atoms with Crippen molar-refractivity contribution in [3.8, 4) is 0 Å². The van der Waals surface area contributed by atoms with Crippen molar-refractivity contribution in [2.24, 2.45) is 5.92 Å². The summed E-state index contributed by atoms with van der Waals surface area (Å²) in [5, 5.41) is 9.19. The zero-order chi connectivity index (χ0) is 13.9. The van der Waals surface area contributed by atoms with Gasteiger partial charge in [0.1, 0.15) is 0 Å². The number of rotatable bonds is 3. The third kappa shape index (κ3) is 2.58. The Bertz CT molecular complexity index is 455. The van der Waals surface area contributed by atoms with E-state index in [1.54, 1.807) is 0 Å². The Kier molecular flexibility index (Phi) is 4.03. The largest absolute Gasteiger partial charge is 0.396 e. The number of hydrogen-bond acceptors (Lipinski definition) is 3. The third-order valence-corrected chi connectivity index (χ3v) is 4.59. The molecule has 2 heterocycles. The van der Waals surface area contributed by atoms with Gasteiger partial charge in [-0.05, 0) is 50.4 Å². The van der Waals surface area contributed by atoms with Gasteiger partial charge in [-0.2, -0.15) is 0 Å². The van der Waals surface area contributed by atoms with E-state index in [9.17, 15) is 9.90 Å². The first kappa shape index (κ1) is 13.6. The molecule has 4 heteroatoms. The van der Waals surface area contributed by atoms with Crippen LogP contribution in [0, 0.1) is 5.92 Å². The molecule has 20 heavy (non-hydrogen) atoms. The average Bonchev–Trinajstić information content (AvgIpc) is 2.90. The summed E-state index contributed by atoms with van der Waals surface area (Å²) in [5.74, 6) is 0.659. The van der Waals surface area contributed by atoms with Crippen LogP contribution in [0.5, 0.6) is 0 Å². The molecule has 2 fully saturated rings. The number of para-hydroxylation sites is 1. The minimum absolute atomic E-state index is 0.0369. The summed E-state index contributed by atoms with van der Waals surface area (Å²) in [4.78, 5) is 16.8. The molecule has 2 aliphatic rings. The van der Waals surface area contributed by atoms with Crippen LogP contribution in [-0.2, 0) is 4.79 Å². The molecule has 0 aromatic heterocycles. The van der Waals surface area contributed by atoms with Gasteiger partial charge in [-0.1, -0.05) is 18.2 Å². The Morgan fingerprint density at radius 2 is 1.75 bits per heavy atom. The van der Waals surface area contributed by atoms with Gasteiger partial charge in [0.15, 0.2) is 0 Å². The van der Waals surface area contributed by atoms with Crippen LogP contribution >= 0.6 is 0 Å². The van der Waals surface area contributed by atoms with Crippen molar-refractivity contribution in [3.63, 3.8) is 0 Å². The maximum Gasteiger partial charge on any atom is 0.244 e. The van der Waals surface area contributed by atoms with E-state index in [4.69, 9.17) is 0 Å². The van der Waals surface area contributed by atoms with E-state index < -0.39 is 0 Å². The highest BCUT2D eigenvalue weighted by Gasteiger charge is 2.37. The molecule has 2 aliphatic heterocycles. The van der Waals surface area contributed by atoms with Gasteiger partial charge >= 0.3 is 0 Å². The van der Waals surface area contributed by atoms with Crippen LogP contribution < -0.4 is 4.90 Å². The molecule has 0 aliphatic carbocycles. The van der Waals surface area contributed by atoms with Crippen LogP contribution in [0.3, 0.4) is 0 Å². The lowest BCUT2D eigenvalue weighted by Gasteiger charge is -2.34. The molecular weight excluding hydrogens is 252 g/mol. The van der Waals surface area contributed by atoms with Crippen molar-refractivity contribution in [3.05, 3.63) is 30.3 Å². The summed E-state index contributed by atoms with van der Waals surface area (Å²) in [6.45, 7) is 2.96. The van der Waals surface area contributed by atoms with E-state index in [-0.39, 0.29) is 18.6 Å². The van der Waals surface area contributed by atoms with Gasteiger partial charge in [-0.25, -0.2) is 0 Å². The molecule has 2 saturated heterocycles. The van der Waals surface area contributed by atoms with Crippen molar-refractivity contribution < 1.29 is 9.90 Å². The van der Waals surface area contributed by atoms with Gasteiger partial charge in [0.2, 0.25) is 5.91 Å². The van der Waals surface area contributed by atoms with Crippen LogP contribution in [0.1, 0.15) is 19.3 Å². The number of piperidine rings is 1. The van der Waals surface area contributed by atoms with Gasteiger partial charge in [0.25, 0.3) is 0 Å². The highest BCUT2D eigenvalue weighted by Crippen LogP contribution is 2.27. The highest BCUT2D eigenvalue weighted by atomic mass is 16.3. The van der Waals surface area contributed by atoms with Crippen molar-refractivity contribution >= 4 is 11.6 Å². The number of amides is 1. The molecule has 0 spiro atoms. The standard InChI is InChI=1S/C16H22N2O2/c19-12-13-6-9-17(10-7-13)15-8-11-18(16(15)20)14-4-2-1-3-5-14/h1-5,13,15,19H,6-12H2. The molecule has 3 rings (SSSR count). The fourth-order valence-electron chi connectivity index (χ4n) is 3.32. The van der Waals surface area contributed by atoms with Gasteiger partial charge < -0.3 is 10.0 Å². The first-order valence-electron chi connectivity index (χ1n) is 7.51. The molecule has 1 amide bonds. The molecule has 1 unspecified atom stereocenters. The minimum Gasteiger partial charge on any atom is -0.396 e. The SMILES string of the molecule is O=C1C(N2CCC(CO)CC2)CCN1c1ccccc1. The van der Waals surface area contributed by atoms with Gasteiger partial charge in [0, 0.05) is 18.8 Å². The normalized spacial score (nSPS) is 25.4. The number of likely N-dealkylation sites (tertiary alicyclic amines) is 1. The van der Waals surface area contributed by atoms with Gasteiger partial charge in [-0.3, -0.25) is 9.69 Å². The van der Waals surface area contributed by atoms with E-state index in [0.29, 0.717) is 5.92 Å². The molecule has 1 aromatic carbocycles. The van der Waals surface area contributed by atoms with E-state index >= 15 is 0 Å². The summed E-state index contributed by atoms with van der Waals surface area (Å²) < 4.78 is 0. The van der Waals surface area contributed by atoms with E-state index in [1.165, 1.54) is 0 Å². The summed E-state index contributed by atoms with van der Waals surface area (Å²) in [6, 6.07) is 9.96. The molecule has 4 nitrogen and oxygen atoms in total. The predicted octanol–water partition coefficient (Wildman–Crippen LogP) is 1.50. The van der Waals surface area contributed by atoms with E-state index in [2.05, 4.69) is 4.90 Å². The number of carbonyl (C=O) groups is 1. The minimum atomic E-state index is 0.0369. The maximum absolute atomic E-state index is 12.6. The monoisotopic (exact) mass is 274 g/mol. The number of nitrogens with zero attached hydrogens (tertiary/aromatic N) is 2. The molecule has 1 aromatic rings. The van der Waals surface area contributed by atoms with Crippen molar-refractivity contribution in [1.29, 1.82) is 0 Å². The second kappa shape index (κ2) is 5.94. The highest BCUT2D eigenvalue weighted by molar-refractivity contribution is 5.99. The predicted molar refractivity (Wildman–Crippen MR) is 78.6 cm³/mol. The average molecular weight is 274 g/mol. The number of aliphatic hydroxyl groups is 1. The molecule has 1 N–H and O–H groups in total. The Morgan fingerprint density at radius 1 is 1.05 bits per heavy atom.